The van der Waals surface area contributed by atoms with Gasteiger partial charge in [-0.1, -0.05) is 6.07 Å². The molecule has 1 saturated heterocycles. The zero-order valence-corrected chi connectivity index (χ0v) is 17.5. The molecule has 0 aliphatic carbocycles. The topological polar surface area (TPSA) is 87.2 Å². The van der Waals surface area contributed by atoms with Gasteiger partial charge >= 0.3 is 0 Å². The first-order valence-electron chi connectivity index (χ1n) is 9.73. The second-order valence-electron chi connectivity index (χ2n) is 7.88. The molecule has 0 unspecified atom stereocenters. The summed E-state index contributed by atoms with van der Waals surface area (Å²) in [7, 11) is 0. The van der Waals surface area contributed by atoms with Gasteiger partial charge in [0.25, 0.3) is 0 Å². The number of fused-ring (bicyclic) bond motifs is 2. The number of thiophene rings is 1. The lowest BCUT2D eigenvalue weighted by molar-refractivity contribution is 0.0826. The molecule has 0 spiro atoms. The fourth-order valence-electron chi connectivity index (χ4n) is 3.66. The van der Waals surface area contributed by atoms with Crippen LogP contribution in [0.2, 0.25) is 0 Å². The second kappa shape index (κ2) is 6.76. The molecule has 1 aliphatic rings. The Morgan fingerprint density at radius 3 is 2.72 bits per heavy atom. The molecule has 2 N–H and O–H groups in total. The number of morpholine rings is 1. The van der Waals surface area contributed by atoms with Crippen LogP contribution in [-0.4, -0.2) is 51.3 Å². The van der Waals surface area contributed by atoms with Gasteiger partial charge in [-0.15, -0.1) is 11.3 Å². The number of para-hydroxylation sites is 1. The van der Waals surface area contributed by atoms with Gasteiger partial charge in [-0.3, -0.25) is 0 Å². The molecule has 0 bridgehead atoms. The molecule has 1 aliphatic heterocycles. The lowest BCUT2D eigenvalue weighted by Crippen LogP contribution is -2.36. The average Bonchev–Trinajstić information content (AvgIpc) is 3.30. The summed E-state index contributed by atoms with van der Waals surface area (Å²) in [5.41, 5.74) is 2.67. The van der Waals surface area contributed by atoms with Crippen LogP contribution in [-0.2, 0) is 10.3 Å². The number of hydrogen-bond acceptors (Lipinski definition) is 7. The van der Waals surface area contributed by atoms with Crippen molar-refractivity contribution >= 4 is 38.4 Å². The van der Waals surface area contributed by atoms with Crippen molar-refractivity contribution in [3.8, 4) is 11.4 Å². The van der Waals surface area contributed by atoms with Crippen LogP contribution in [0.4, 0.5) is 5.82 Å². The van der Waals surface area contributed by atoms with Gasteiger partial charge in [0.1, 0.15) is 5.82 Å². The maximum Gasteiger partial charge on any atom is 0.164 e. The normalized spacial score (nSPS) is 15.5. The molecule has 7 nitrogen and oxygen atoms in total. The van der Waals surface area contributed by atoms with Crippen molar-refractivity contribution in [1.82, 2.24) is 19.9 Å². The minimum atomic E-state index is -0.923. The van der Waals surface area contributed by atoms with Gasteiger partial charge in [0.2, 0.25) is 0 Å². The van der Waals surface area contributed by atoms with E-state index >= 15 is 0 Å². The summed E-state index contributed by atoms with van der Waals surface area (Å²) in [6.07, 6.45) is 0. The number of nitrogens with zero attached hydrogens (tertiary/aromatic N) is 4. The van der Waals surface area contributed by atoms with Crippen LogP contribution in [0.1, 0.15) is 24.5 Å². The summed E-state index contributed by atoms with van der Waals surface area (Å²) in [4.78, 5) is 20.9. The molecule has 1 fully saturated rings. The van der Waals surface area contributed by atoms with Crippen LogP contribution in [0.5, 0.6) is 0 Å². The number of benzene rings is 1. The summed E-state index contributed by atoms with van der Waals surface area (Å²) in [5.74, 6) is 2.41. The largest absolute Gasteiger partial charge is 0.385 e. The fourth-order valence-corrected chi connectivity index (χ4v) is 4.78. The standard InChI is InChI=1S/C21H23N5O2S/c1-12-22-14-6-4-5-13(17(14)23-12)19-24-15-11-16(21(2,3)27)29-18(15)20(25-19)26-7-9-28-10-8-26/h4-6,11,27H,7-10H2,1-3H3,(H,22,23). The van der Waals surface area contributed by atoms with Crippen molar-refractivity contribution in [3.05, 3.63) is 35.0 Å². The van der Waals surface area contributed by atoms with E-state index in [2.05, 4.69) is 14.9 Å². The van der Waals surface area contributed by atoms with Gasteiger partial charge in [0.15, 0.2) is 11.6 Å². The SMILES string of the molecule is Cc1nc2c(-c3nc(N4CCOCC4)c4sc(C(C)(C)O)cc4n3)cccc2[nH]1. The van der Waals surface area contributed by atoms with Gasteiger partial charge in [0, 0.05) is 23.5 Å². The molecule has 29 heavy (non-hydrogen) atoms. The number of anilines is 1. The maximum atomic E-state index is 10.5. The summed E-state index contributed by atoms with van der Waals surface area (Å²) in [6.45, 7) is 8.47. The quantitative estimate of drug-likeness (QED) is 0.538. The number of hydrogen-bond donors (Lipinski definition) is 2. The van der Waals surface area contributed by atoms with Gasteiger partial charge in [-0.2, -0.15) is 0 Å². The monoisotopic (exact) mass is 409 g/mol. The number of aryl methyl sites for hydroxylation is 1. The van der Waals surface area contributed by atoms with E-state index in [1.807, 2.05) is 31.2 Å². The summed E-state index contributed by atoms with van der Waals surface area (Å²) in [5, 5.41) is 10.5. The van der Waals surface area contributed by atoms with Crippen LogP contribution < -0.4 is 4.90 Å². The zero-order chi connectivity index (χ0) is 20.2. The average molecular weight is 410 g/mol. The third kappa shape index (κ3) is 3.27. The molecule has 3 aromatic heterocycles. The van der Waals surface area contributed by atoms with Gasteiger partial charge < -0.3 is 19.7 Å². The molecule has 8 heteroatoms. The molecule has 5 rings (SSSR count). The Labute approximate surface area is 172 Å². The van der Waals surface area contributed by atoms with E-state index in [9.17, 15) is 5.11 Å². The number of ether oxygens (including phenoxy) is 1. The van der Waals surface area contributed by atoms with Crippen molar-refractivity contribution in [2.45, 2.75) is 26.4 Å². The Hall–Kier alpha value is -2.55. The molecule has 0 amide bonds. The molecule has 0 saturated carbocycles. The number of aromatic nitrogens is 4. The summed E-state index contributed by atoms with van der Waals surface area (Å²) < 4.78 is 6.53. The Balaban J connectivity index is 1.75. The van der Waals surface area contributed by atoms with E-state index in [0.717, 1.165) is 56.4 Å². The molecule has 4 aromatic rings. The third-order valence-corrected chi connectivity index (χ3v) is 6.57. The predicted molar refractivity (Wildman–Crippen MR) is 116 cm³/mol. The first-order valence-corrected chi connectivity index (χ1v) is 10.5. The molecular weight excluding hydrogens is 386 g/mol. The number of H-pyrrole nitrogens is 1. The number of nitrogens with one attached hydrogen (secondary N) is 1. The first-order chi connectivity index (χ1) is 13.9. The maximum absolute atomic E-state index is 10.5. The van der Waals surface area contributed by atoms with E-state index in [4.69, 9.17) is 14.7 Å². The van der Waals surface area contributed by atoms with Gasteiger partial charge in [-0.05, 0) is 39.0 Å². The van der Waals surface area contributed by atoms with Crippen molar-refractivity contribution in [3.63, 3.8) is 0 Å². The van der Waals surface area contributed by atoms with Gasteiger partial charge in [-0.25, -0.2) is 15.0 Å². The van der Waals surface area contributed by atoms with Crippen LogP contribution in [0, 0.1) is 6.92 Å². The van der Waals surface area contributed by atoms with Gasteiger partial charge in [0.05, 0.1) is 40.1 Å². The minimum Gasteiger partial charge on any atom is -0.385 e. The zero-order valence-electron chi connectivity index (χ0n) is 16.7. The van der Waals surface area contributed by atoms with Crippen molar-refractivity contribution < 1.29 is 9.84 Å². The Morgan fingerprint density at radius 1 is 1.17 bits per heavy atom. The van der Waals surface area contributed by atoms with Crippen molar-refractivity contribution in [2.24, 2.45) is 0 Å². The Kier molecular flexibility index (Phi) is 4.31. The molecule has 150 valence electrons. The molecular formula is C21H23N5O2S. The Bertz CT molecular complexity index is 1200. The van der Waals surface area contributed by atoms with Crippen LogP contribution in [0.25, 0.3) is 32.6 Å². The number of aromatic amines is 1. The van der Waals surface area contributed by atoms with Crippen LogP contribution >= 0.6 is 11.3 Å². The predicted octanol–water partition coefficient (Wildman–Crippen LogP) is 3.61. The first kappa shape index (κ1) is 18.5. The summed E-state index contributed by atoms with van der Waals surface area (Å²) >= 11 is 1.56. The van der Waals surface area contributed by atoms with E-state index in [0.29, 0.717) is 19.0 Å². The van der Waals surface area contributed by atoms with Crippen molar-refractivity contribution in [2.75, 3.05) is 31.2 Å². The highest BCUT2D eigenvalue weighted by molar-refractivity contribution is 7.19. The molecule has 1 aromatic carbocycles. The smallest absolute Gasteiger partial charge is 0.164 e. The van der Waals surface area contributed by atoms with E-state index < -0.39 is 5.60 Å². The lowest BCUT2D eigenvalue weighted by Gasteiger charge is -2.28. The highest BCUT2D eigenvalue weighted by atomic mass is 32.1. The lowest BCUT2D eigenvalue weighted by atomic mass is 10.1. The Morgan fingerprint density at radius 2 is 1.97 bits per heavy atom. The summed E-state index contributed by atoms with van der Waals surface area (Å²) in [6, 6.07) is 7.99. The highest BCUT2D eigenvalue weighted by Crippen LogP contribution is 2.38. The van der Waals surface area contributed by atoms with Crippen LogP contribution in [0.15, 0.2) is 24.3 Å². The second-order valence-corrected chi connectivity index (χ2v) is 8.93. The minimum absolute atomic E-state index is 0.649. The van der Waals surface area contributed by atoms with E-state index in [1.54, 1.807) is 25.2 Å². The van der Waals surface area contributed by atoms with E-state index in [-0.39, 0.29) is 0 Å². The number of aliphatic hydroxyl groups is 1. The third-order valence-electron chi connectivity index (χ3n) is 5.14. The molecule has 0 atom stereocenters. The number of imidazole rings is 1. The number of rotatable bonds is 3. The van der Waals surface area contributed by atoms with Crippen molar-refractivity contribution in [1.29, 1.82) is 0 Å². The highest BCUT2D eigenvalue weighted by Gasteiger charge is 2.25. The van der Waals surface area contributed by atoms with E-state index in [1.165, 1.54) is 0 Å². The molecule has 4 heterocycles. The fraction of sp³-hybridized carbons (Fsp3) is 0.381. The molecule has 0 radical (unpaired) electrons. The van der Waals surface area contributed by atoms with Crippen LogP contribution in [0.3, 0.4) is 0 Å².